The number of hydrogen-bond donors (Lipinski definition) is 0. The molecule has 0 radical (unpaired) electrons. The van der Waals surface area contributed by atoms with E-state index in [1.165, 1.54) is 6.20 Å². The average molecular weight is 310 g/mol. The smallest absolute Gasteiger partial charge is 0.267 e. The molecule has 1 atom stereocenters. The van der Waals surface area contributed by atoms with E-state index in [-0.39, 0.29) is 18.6 Å². The van der Waals surface area contributed by atoms with Gasteiger partial charge in [0.15, 0.2) is 11.5 Å². The molecule has 2 aliphatic heterocycles. The van der Waals surface area contributed by atoms with Crippen LogP contribution in [0.5, 0.6) is 11.5 Å². The molecule has 1 aromatic heterocycles. The zero-order chi connectivity index (χ0) is 15.8. The Morgan fingerprint density at radius 1 is 1.30 bits per heavy atom. The van der Waals surface area contributed by atoms with Crippen LogP contribution in [0.4, 0.5) is 0 Å². The minimum absolute atomic E-state index is 0.0802. The SMILES string of the molecule is N#Cc1cnn(C2CN(C(=O)C3COc4ccccc4O3)C2)c1. The number of nitriles is 1. The van der Waals surface area contributed by atoms with Gasteiger partial charge in [0.05, 0.1) is 17.8 Å². The Hall–Kier alpha value is -3.01. The summed E-state index contributed by atoms with van der Waals surface area (Å²) in [6.07, 6.45) is 2.61. The van der Waals surface area contributed by atoms with E-state index in [1.54, 1.807) is 21.8 Å². The number of carbonyl (C=O) groups is 1. The van der Waals surface area contributed by atoms with E-state index in [9.17, 15) is 4.79 Å². The fourth-order valence-corrected chi connectivity index (χ4v) is 2.74. The number of amides is 1. The molecule has 1 fully saturated rings. The van der Waals surface area contributed by atoms with Crippen LogP contribution in [-0.4, -0.2) is 46.4 Å². The Bertz CT molecular complexity index is 789. The number of rotatable bonds is 2. The molecule has 7 heteroatoms. The largest absolute Gasteiger partial charge is 0.485 e. The number of fused-ring (bicyclic) bond motifs is 1. The lowest BCUT2D eigenvalue weighted by Gasteiger charge is -2.41. The van der Waals surface area contributed by atoms with Gasteiger partial charge in [-0.3, -0.25) is 9.48 Å². The van der Waals surface area contributed by atoms with Gasteiger partial charge in [0.25, 0.3) is 5.91 Å². The lowest BCUT2D eigenvalue weighted by molar-refractivity contribution is -0.147. The molecule has 3 heterocycles. The van der Waals surface area contributed by atoms with Crippen LogP contribution >= 0.6 is 0 Å². The van der Waals surface area contributed by atoms with E-state index in [2.05, 4.69) is 5.10 Å². The van der Waals surface area contributed by atoms with Crippen molar-refractivity contribution in [1.82, 2.24) is 14.7 Å². The van der Waals surface area contributed by atoms with Crippen molar-refractivity contribution in [3.05, 3.63) is 42.2 Å². The van der Waals surface area contributed by atoms with Crippen LogP contribution in [0.2, 0.25) is 0 Å². The van der Waals surface area contributed by atoms with E-state index in [1.807, 2.05) is 24.3 Å². The summed E-state index contributed by atoms with van der Waals surface area (Å²) in [5.41, 5.74) is 0.524. The first-order valence-corrected chi connectivity index (χ1v) is 7.36. The molecular formula is C16H14N4O3. The summed E-state index contributed by atoms with van der Waals surface area (Å²) in [5.74, 6) is 1.18. The molecule has 0 aliphatic carbocycles. The van der Waals surface area contributed by atoms with Gasteiger partial charge in [-0.25, -0.2) is 0 Å². The van der Waals surface area contributed by atoms with Gasteiger partial charge in [0.2, 0.25) is 6.10 Å². The number of para-hydroxylation sites is 2. The highest BCUT2D eigenvalue weighted by Crippen LogP contribution is 2.32. The topological polar surface area (TPSA) is 80.4 Å². The van der Waals surface area contributed by atoms with Gasteiger partial charge in [-0.1, -0.05) is 12.1 Å². The second kappa shape index (κ2) is 5.32. The Morgan fingerprint density at radius 3 is 2.83 bits per heavy atom. The van der Waals surface area contributed by atoms with Crippen LogP contribution in [0.1, 0.15) is 11.6 Å². The van der Waals surface area contributed by atoms with Gasteiger partial charge in [-0.2, -0.15) is 10.4 Å². The van der Waals surface area contributed by atoms with Crippen molar-refractivity contribution in [3.8, 4) is 17.6 Å². The molecule has 2 aliphatic rings. The van der Waals surface area contributed by atoms with Gasteiger partial charge in [-0.15, -0.1) is 0 Å². The quantitative estimate of drug-likeness (QED) is 0.826. The maximum absolute atomic E-state index is 12.5. The molecule has 1 saturated heterocycles. The summed E-state index contributed by atoms with van der Waals surface area (Å²) < 4.78 is 13.0. The average Bonchev–Trinajstić information content (AvgIpc) is 3.01. The number of aromatic nitrogens is 2. The molecule has 0 saturated carbocycles. The van der Waals surface area contributed by atoms with E-state index >= 15 is 0 Å². The zero-order valence-electron chi connectivity index (χ0n) is 12.3. The lowest BCUT2D eigenvalue weighted by atomic mass is 10.1. The monoisotopic (exact) mass is 310 g/mol. The van der Waals surface area contributed by atoms with Crippen molar-refractivity contribution in [1.29, 1.82) is 5.26 Å². The molecule has 7 nitrogen and oxygen atoms in total. The van der Waals surface area contributed by atoms with Crippen LogP contribution in [-0.2, 0) is 4.79 Å². The highest BCUT2D eigenvalue weighted by Gasteiger charge is 2.38. The van der Waals surface area contributed by atoms with Crippen LogP contribution in [0.25, 0.3) is 0 Å². The van der Waals surface area contributed by atoms with Crippen molar-refractivity contribution in [3.63, 3.8) is 0 Å². The second-order valence-electron chi connectivity index (χ2n) is 5.58. The lowest BCUT2D eigenvalue weighted by Crippen LogP contribution is -2.56. The van der Waals surface area contributed by atoms with E-state index in [0.717, 1.165) is 0 Å². The first-order chi connectivity index (χ1) is 11.2. The molecule has 1 unspecified atom stereocenters. The number of carbonyl (C=O) groups excluding carboxylic acids is 1. The maximum atomic E-state index is 12.5. The maximum Gasteiger partial charge on any atom is 0.267 e. The molecule has 0 N–H and O–H groups in total. The summed E-state index contributed by atoms with van der Waals surface area (Å²) in [6.45, 7) is 1.34. The highest BCUT2D eigenvalue weighted by atomic mass is 16.6. The Morgan fingerprint density at radius 2 is 2.09 bits per heavy atom. The van der Waals surface area contributed by atoms with E-state index < -0.39 is 6.10 Å². The predicted molar refractivity (Wildman–Crippen MR) is 78.9 cm³/mol. The summed E-state index contributed by atoms with van der Waals surface area (Å²) in [7, 11) is 0. The van der Waals surface area contributed by atoms with E-state index in [0.29, 0.717) is 30.2 Å². The van der Waals surface area contributed by atoms with Gasteiger partial charge < -0.3 is 14.4 Å². The molecule has 0 spiro atoms. The Kier molecular flexibility index (Phi) is 3.15. The van der Waals surface area contributed by atoms with Gasteiger partial charge >= 0.3 is 0 Å². The third-order valence-electron chi connectivity index (χ3n) is 4.06. The van der Waals surface area contributed by atoms with Crippen LogP contribution in [0.15, 0.2) is 36.7 Å². The second-order valence-corrected chi connectivity index (χ2v) is 5.58. The molecule has 1 aromatic carbocycles. The molecule has 1 amide bonds. The van der Waals surface area contributed by atoms with Crippen molar-refractivity contribution in [2.24, 2.45) is 0 Å². The number of nitrogens with zero attached hydrogens (tertiary/aromatic N) is 4. The molecule has 0 bridgehead atoms. The van der Waals surface area contributed by atoms with E-state index in [4.69, 9.17) is 14.7 Å². The fourth-order valence-electron chi connectivity index (χ4n) is 2.74. The van der Waals surface area contributed by atoms with Crippen LogP contribution in [0.3, 0.4) is 0 Å². The molecule has 23 heavy (non-hydrogen) atoms. The molecular weight excluding hydrogens is 296 g/mol. The summed E-state index contributed by atoms with van der Waals surface area (Å²) >= 11 is 0. The number of hydrogen-bond acceptors (Lipinski definition) is 5. The van der Waals surface area contributed by atoms with Crippen molar-refractivity contribution >= 4 is 5.91 Å². The number of likely N-dealkylation sites (tertiary alicyclic amines) is 1. The summed E-state index contributed by atoms with van der Waals surface area (Å²) in [4.78, 5) is 14.2. The Labute approximate surface area is 132 Å². The zero-order valence-corrected chi connectivity index (χ0v) is 12.3. The molecule has 2 aromatic rings. The van der Waals surface area contributed by atoms with Crippen molar-refractivity contribution in [2.45, 2.75) is 12.1 Å². The first-order valence-electron chi connectivity index (χ1n) is 7.36. The van der Waals surface area contributed by atoms with Crippen LogP contribution in [0, 0.1) is 11.3 Å². The fraction of sp³-hybridized carbons (Fsp3) is 0.312. The minimum Gasteiger partial charge on any atom is -0.485 e. The summed E-state index contributed by atoms with van der Waals surface area (Å²) in [5, 5.41) is 13.0. The normalized spacial score (nSPS) is 19.8. The van der Waals surface area contributed by atoms with Gasteiger partial charge in [0, 0.05) is 19.3 Å². The third kappa shape index (κ3) is 2.38. The standard InChI is InChI=1S/C16H14N4O3/c17-5-11-6-18-20(7-11)12-8-19(9-12)16(21)15-10-22-13-3-1-2-4-14(13)23-15/h1-4,6-7,12,15H,8-10H2. The predicted octanol–water partition coefficient (Wildman–Crippen LogP) is 0.978. The molecule has 4 rings (SSSR count). The Balaban J connectivity index is 1.38. The highest BCUT2D eigenvalue weighted by molar-refractivity contribution is 5.82. The van der Waals surface area contributed by atoms with Gasteiger partial charge in [0.1, 0.15) is 12.7 Å². The number of benzene rings is 1. The van der Waals surface area contributed by atoms with Gasteiger partial charge in [-0.05, 0) is 12.1 Å². The summed E-state index contributed by atoms with van der Waals surface area (Å²) in [6, 6.07) is 9.48. The van der Waals surface area contributed by atoms with Crippen LogP contribution < -0.4 is 9.47 Å². The first kappa shape index (κ1) is 13.6. The van der Waals surface area contributed by atoms with Crippen molar-refractivity contribution in [2.75, 3.05) is 19.7 Å². The minimum atomic E-state index is -0.613. The van der Waals surface area contributed by atoms with Crippen molar-refractivity contribution < 1.29 is 14.3 Å². The third-order valence-corrected chi connectivity index (χ3v) is 4.06. The molecule has 116 valence electrons. The number of ether oxygens (including phenoxy) is 2.